The van der Waals surface area contributed by atoms with Crippen LogP contribution < -0.4 is 5.32 Å². The molecule has 0 bridgehead atoms. The number of carbonyl (C=O) groups is 1. The number of aryl methyl sites for hydroxylation is 2. The molecular weight excluding hydrogens is 278 g/mol. The van der Waals surface area contributed by atoms with Crippen molar-refractivity contribution in [2.45, 2.75) is 13.8 Å². The van der Waals surface area contributed by atoms with Crippen molar-refractivity contribution in [3.05, 3.63) is 65.8 Å². The van der Waals surface area contributed by atoms with Gasteiger partial charge in [0, 0.05) is 29.2 Å². The fraction of sp³-hybridized carbons (Fsp3) is 0.118. The maximum atomic E-state index is 12.1. The second kappa shape index (κ2) is 5.81. The lowest BCUT2D eigenvalue weighted by Gasteiger charge is -2.06. The van der Waals surface area contributed by atoms with Gasteiger partial charge in [-0.05, 0) is 43.7 Å². The van der Waals surface area contributed by atoms with E-state index in [1.807, 2.05) is 38.1 Å². The molecule has 0 saturated carbocycles. The molecule has 0 atom stereocenters. The van der Waals surface area contributed by atoms with E-state index in [2.05, 4.69) is 15.5 Å². The summed E-state index contributed by atoms with van der Waals surface area (Å²) < 4.78 is 5.18. The standard InChI is InChI=1S/C17H15N3O2/c1-11-16(12(2)22-20-11)13-3-5-15(6-4-13)19-17(21)14-7-9-18-10-8-14/h3-10H,1-2H3,(H,19,21). The predicted octanol–water partition coefficient (Wildman–Crippen LogP) is 3.61. The summed E-state index contributed by atoms with van der Waals surface area (Å²) in [6.45, 7) is 3.79. The molecule has 0 spiro atoms. The van der Waals surface area contributed by atoms with Gasteiger partial charge in [0.25, 0.3) is 5.91 Å². The highest BCUT2D eigenvalue weighted by atomic mass is 16.5. The van der Waals surface area contributed by atoms with Crippen LogP contribution in [0.1, 0.15) is 21.8 Å². The van der Waals surface area contributed by atoms with Crippen LogP contribution in [0.2, 0.25) is 0 Å². The van der Waals surface area contributed by atoms with Gasteiger partial charge in [0.2, 0.25) is 0 Å². The number of anilines is 1. The lowest BCUT2D eigenvalue weighted by atomic mass is 10.0. The summed E-state index contributed by atoms with van der Waals surface area (Å²) in [4.78, 5) is 16.0. The minimum atomic E-state index is -0.160. The number of hydrogen-bond donors (Lipinski definition) is 1. The minimum Gasteiger partial charge on any atom is -0.361 e. The van der Waals surface area contributed by atoms with Crippen molar-refractivity contribution < 1.29 is 9.32 Å². The van der Waals surface area contributed by atoms with E-state index < -0.39 is 0 Å². The van der Waals surface area contributed by atoms with E-state index in [1.165, 1.54) is 0 Å². The number of rotatable bonds is 3. The van der Waals surface area contributed by atoms with E-state index in [0.29, 0.717) is 5.56 Å². The zero-order chi connectivity index (χ0) is 15.5. The van der Waals surface area contributed by atoms with Crippen LogP contribution in [0.4, 0.5) is 5.69 Å². The van der Waals surface area contributed by atoms with Gasteiger partial charge in [0.15, 0.2) is 0 Å². The average molecular weight is 293 g/mol. The minimum absolute atomic E-state index is 0.160. The molecule has 0 saturated heterocycles. The van der Waals surface area contributed by atoms with Crippen molar-refractivity contribution in [2.24, 2.45) is 0 Å². The van der Waals surface area contributed by atoms with Gasteiger partial charge in [-0.1, -0.05) is 17.3 Å². The summed E-state index contributed by atoms with van der Waals surface area (Å²) in [6, 6.07) is 10.9. The molecule has 1 amide bonds. The molecule has 3 rings (SSSR count). The Morgan fingerprint density at radius 3 is 2.32 bits per heavy atom. The highest BCUT2D eigenvalue weighted by molar-refractivity contribution is 6.04. The Hall–Kier alpha value is -2.95. The molecule has 0 aliphatic carbocycles. The molecule has 0 aliphatic heterocycles. The zero-order valence-corrected chi connectivity index (χ0v) is 12.3. The Labute approximate surface area is 128 Å². The van der Waals surface area contributed by atoms with Gasteiger partial charge in [-0.3, -0.25) is 9.78 Å². The van der Waals surface area contributed by atoms with Crippen molar-refractivity contribution in [2.75, 3.05) is 5.32 Å². The molecule has 22 heavy (non-hydrogen) atoms. The Morgan fingerprint density at radius 1 is 1.05 bits per heavy atom. The van der Waals surface area contributed by atoms with Gasteiger partial charge < -0.3 is 9.84 Å². The highest BCUT2D eigenvalue weighted by Crippen LogP contribution is 2.27. The number of nitrogens with zero attached hydrogens (tertiary/aromatic N) is 2. The lowest BCUT2D eigenvalue weighted by molar-refractivity contribution is 0.102. The number of pyridine rings is 1. The summed E-state index contributed by atoms with van der Waals surface area (Å²) in [5.74, 6) is 0.624. The smallest absolute Gasteiger partial charge is 0.255 e. The fourth-order valence-corrected chi connectivity index (χ4v) is 2.32. The van der Waals surface area contributed by atoms with Gasteiger partial charge in [-0.2, -0.15) is 0 Å². The fourth-order valence-electron chi connectivity index (χ4n) is 2.32. The van der Waals surface area contributed by atoms with Crippen LogP contribution in [0.5, 0.6) is 0 Å². The van der Waals surface area contributed by atoms with Crippen LogP contribution in [0, 0.1) is 13.8 Å². The number of aromatic nitrogens is 2. The number of benzene rings is 1. The molecule has 1 aromatic carbocycles. The number of carbonyl (C=O) groups excluding carboxylic acids is 1. The third-order valence-corrected chi connectivity index (χ3v) is 3.41. The SMILES string of the molecule is Cc1noc(C)c1-c1ccc(NC(=O)c2ccncc2)cc1. The summed E-state index contributed by atoms with van der Waals surface area (Å²) >= 11 is 0. The highest BCUT2D eigenvalue weighted by Gasteiger charge is 2.11. The van der Waals surface area contributed by atoms with E-state index in [0.717, 1.165) is 28.3 Å². The van der Waals surface area contributed by atoms with E-state index in [1.54, 1.807) is 24.5 Å². The van der Waals surface area contributed by atoms with E-state index in [4.69, 9.17) is 4.52 Å². The molecule has 2 heterocycles. The maximum absolute atomic E-state index is 12.1. The zero-order valence-electron chi connectivity index (χ0n) is 12.3. The van der Waals surface area contributed by atoms with Crippen molar-refractivity contribution in [1.82, 2.24) is 10.1 Å². The first kappa shape index (κ1) is 14.0. The average Bonchev–Trinajstić information content (AvgIpc) is 2.88. The van der Waals surface area contributed by atoms with Gasteiger partial charge in [-0.25, -0.2) is 0 Å². The Balaban J connectivity index is 1.79. The first-order chi connectivity index (χ1) is 10.6. The Kier molecular flexibility index (Phi) is 3.70. The van der Waals surface area contributed by atoms with Crippen molar-refractivity contribution in [3.8, 4) is 11.1 Å². The van der Waals surface area contributed by atoms with Crippen LogP contribution in [-0.2, 0) is 0 Å². The maximum Gasteiger partial charge on any atom is 0.255 e. The third kappa shape index (κ3) is 2.74. The first-order valence-corrected chi connectivity index (χ1v) is 6.90. The molecular formula is C17H15N3O2. The van der Waals surface area contributed by atoms with Crippen molar-refractivity contribution in [1.29, 1.82) is 0 Å². The Morgan fingerprint density at radius 2 is 1.73 bits per heavy atom. The van der Waals surface area contributed by atoms with Gasteiger partial charge in [0.1, 0.15) is 5.76 Å². The second-order valence-corrected chi connectivity index (χ2v) is 4.97. The topological polar surface area (TPSA) is 68.0 Å². The van der Waals surface area contributed by atoms with Gasteiger partial charge in [0.05, 0.1) is 5.69 Å². The molecule has 0 radical (unpaired) electrons. The summed E-state index contributed by atoms with van der Waals surface area (Å²) in [6.07, 6.45) is 3.19. The third-order valence-electron chi connectivity index (χ3n) is 3.41. The van der Waals surface area contributed by atoms with Crippen LogP contribution in [0.3, 0.4) is 0 Å². The second-order valence-electron chi connectivity index (χ2n) is 4.97. The van der Waals surface area contributed by atoms with Crippen molar-refractivity contribution >= 4 is 11.6 Å². The van der Waals surface area contributed by atoms with Crippen molar-refractivity contribution in [3.63, 3.8) is 0 Å². The van der Waals surface area contributed by atoms with E-state index >= 15 is 0 Å². The number of hydrogen-bond acceptors (Lipinski definition) is 4. The molecule has 2 aromatic heterocycles. The Bertz CT molecular complexity index is 773. The summed E-state index contributed by atoms with van der Waals surface area (Å²) in [7, 11) is 0. The van der Waals surface area contributed by atoms with Crippen LogP contribution in [0.15, 0.2) is 53.3 Å². The molecule has 0 fully saturated rings. The first-order valence-electron chi connectivity index (χ1n) is 6.90. The number of amides is 1. The predicted molar refractivity (Wildman–Crippen MR) is 83.6 cm³/mol. The van der Waals surface area contributed by atoms with Crippen LogP contribution >= 0.6 is 0 Å². The van der Waals surface area contributed by atoms with Gasteiger partial charge in [-0.15, -0.1) is 0 Å². The molecule has 5 nitrogen and oxygen atoms in total. The summed E-state index contributed by atoms with van der Waals surface area (Å²) in [5.41, 5.74) is 4.17. The molecule has 1 N–H and O–H groups in total. The lowest BCUT2D eigenvalue weighted by Crippen LogP contribution is -2.11. The van der Waals surface area contributed by atoms with Crippen LogP contribution in [-0.4, -0.2) is 16.0 Å². The van der Waals surface area contributed by atoms with Crippen LogP contribution in [0.25, 0.3) is 11.1 Å². The number of nitrogens with one attached hydrogen (secondary N) is 1. The normalized spacial score (nSPS) is 10.5. The van der Waals surface area contributed by atoms with Gasteiger partial charge >= 0.3 is 0 Å². The summed E-state index contributed by atoms with van der Waals surface area (Å²) in [5, 5.41) is 6.81. The quantitative estimate of drug-likeness (QED) is 0.801. The molecule has 0 unspecified atom stereocenters. The monoisotopic (exact) mass is 293 g/mol. The van der Waals surface area contributed by atoms with E-state index in [9.17, 15) is 4.79 Å². The molecule has 5 heteroatoms. The molecule has 0 aliphatic rings. The molecule has 3 aromatic rings. The molecule has 110 valence electrons. The largest absolute Gasteiger partial charge is 0.361 e. The van der Waals surface area contributed by atoms with E-state index in [-0.39, 0.29) is 5.91 Å².